The van der Waals surface area contributed by atoms with Crippen molar-refractivity contribution in [1.29, 1.82) is 10.5 Å². The Morgan fingerprint density at radius 2 is 1.17 bits per heavy atom. The summed E-state index contributed by atoms with van der Waals surface area (Å²) in [6, 6.07) is 28.7. The summed E-state index contributed by atoms with van der Waals surface area (Å²) < 4.78 is 32.4. The lowest BCUT2D eigenvalue weighted by Gasteiger charge is -2.09. The quantitative estimate of drug-likeness (QED) is 0.100. The monoisotopic (exact) mass is 998 g/mol. The summed E-state index contributed by atoms with van der Waals surface area (Å²) in [5.74, 6) is -1.46. The lowest BCUT2D eigenvalue weighted by Crippen LogP contribution is -2.23. The molecule has 4 aromatic carbocycles. The fourth-order valence-electron chi connectivity index (χ4n) is 8.05. The van der Waals surface area contributed by atoms with Crippen LogP contribution in [0.2, 0.25) is 10.0 Å². The molecule has 10 aromatic rings. The van der Waals surface area contributed by atoms with Crippen molar-refractivity contribution >= 4 is 78.7 Å². The smallest absolute Gasteiger partial charge is 0.337 e. The zero-order chi connectivity index (χ0) is 51.1. The van der Waals surface area contributed by atoms with Crippen LogP contribution in [0.4, 0.5) is 8.78 Å². The summed E-state index contributed by atoms with van der Waals surface area (Å²) in [6.07, 6.45) is 10.8. The van der Waals surface area contributed by atoms with Crippen molar-refractivity contribution in [3.8, 4) is 12.1 Å². The Balaban J connectivity index is 0.000000161. The van der Waals surface area contributed by atoms with Gasteiger partial charge >= 0.3 is 5.97 Å². The number of aryl methyl sites for hydroxylation is 2. The molecule has 0 radical (unpaired) electrons. The number of carbonyl (C=O) groups excluding carboxylic acids is 2. The van der Waals surface area contributed by atoms with Crippen molar-refractivity contribution in [2.75, 3.05) is 7.11 Å². The number of hydrogen-bond donors (Lipinski definition) is 4. The molecule has 0 aliphatic heterocycles. The number of esters is 1. The summed E-state index contributed by atoms with van der Waals surface area (Å²) >= 11 is 12.0. The van der Waals surface area contributed by atoms with Crippen molar-refractivity contribution < 1.29 is 23.1 Å². The number of halogens is 4. The van der Waals surface area contributed by atoms with Gasteiger partial charge < -0.3 is 25.8 Å². The van der Waals surface area contributed by atoms with E-state index >= 15 is 0 Å². The number of benzene rings is 4. The Morgan fingerprint density at radius 3 is 1.67 bits per heavy atom. The minimum atomic E-state index is -0.430. The number of nitrogens with zero attached hydrogens (tertiary/aromatic N) is 6. The van der Waals surface area contributed by atoms with Gasteiger partial charge in [0.15, 0.2) is 0 Å². The lowest BCUT2D eigenvalue weighted by molar-refractivity contribution is 0.0600. The highest BCUT2D eigenvalue weighted by Crippen LogP contribution is 2.28. The van der Waals surface area contributed by atoms with Gasteiger partial charge in [0.1, 0.15) is 23.8 Å². The number of rotatable bonds is 9. The number of ether oxygens (including phenoxy) is 1. The molecule has 0 saturated heterocycles. The van der Waals surface area contributed by atoms with E-state index in [1.54, 1.807) is 79.6 Å². The molecule has 72 heavy (non-hydrogen) atoms. The number of nitrogens with two attached hydrogens (primary N) is 1. The number of nitrogens with one attached hydrogen (secondary N) is 3. The molecular formula is C55H42Cl2F2N10O3. The highest BCUT2D eigenvalue weighted by atomic mass is 35.5. The SMILES string of the molecule is COC(=O)c1ccnc(Cc2cc(C#N)c3ncc(C)cc3c2)c1.Cc1cnc2c(C#N)cc(Cc3cc(C(=O)NCc4cc5c(Cl)c[nH]c5cc4F)ccn3)cc2c1.NCc1cc2c(Cl)c[nH]c2cc1F. The first kappa shape index (κ1) is 49.8. The number of carbonyl (C=O) groups is 2. The standard InChI is InChI=1S/C27H19ClFN5O.C19H15N3O2.C9H8ClFN2/c1-15-4-18-5-16(6-19(11-30)26(18)33-12-15)7-21-8-17(2-3-31-21)27(35)34-13-20-9-22-23(28)14-32-25(22)10-24(20)29;1-12-5-15-6-13(7-16(10-20)18(15)22-11-12)8-17-9-14(3-4-21-17)19(23)24-2;10-7-4-13-9-2-8(11)5(3-12)1-6(7)9/h2-6,8-10,12,14,32H,7,13H2,1H3,(H,34,35);3-7,9,11H,8H2,1-2H3;1-2,4,13H,3,12H2. The van der Waals surface area contributed by atoms with Crippen LogP contribution in [0.3, 0.4) is 0 Å². The zero-order valence-electron chi connectivity index (χ0n) is 38.9. The van der Waals surface area contributed by atoms with Crippen LogP contribution in [0.15, 0.2) is 122 Å². The van der Waals surface area contributed by atoms with E-state index in [2.05, 4.69) is 47.4 Å². The van der Waals surface area contributed by atoms with E-state index in [9.17, 15) is 28.9 Å². The third kappa shape index (κ3) is 11.4. The van der Waals surface area contributed by atoms with E-state index in [-0.39, 0.29) is 24.8 Å². The Morgan fingerprint density at radius 1 is 0.681 bits per heavy atom. The van der Waals surface area contributed by atoms with Gasteiger partial charge in [-0.2, -0.15) is 10.5 Å². The average Bonchev–Trinajstić information content (AvgIpc) is 3.93. The molecule has 0 aliphatic carbocycles. The van der Waals surface area contributed by atoms with E-state index in [1.165, 1.54) is 19.2 Å². The largest absolute Gasteiger partial charge is 0.465 e. The fourth-order valence-corrected chi connectivity index (χ4v) is 8.47. The van der Waals surface area contributed by atoms with Crippen LogP contribution < -0.4 is 11.1 Å². The van der Waals surface area contributed by atoms with Crippen molar-refractivity contribution in [3.63, 3.8) is 0 Å². The molecule has 6 heterocycles. The molecule has 13 nitrogen and oxygen atoms in total. The molecule has 6 aromatic heterocycles. The number of fused-ring (bicyclic) bond motifs is 4. The first-order valence-corrected chi connectivity index (χ1v) is 22.9. The second-order valence-electron chi connectivity index (χ2n) is 16.7. The molecule has 1 amide bonds. The molecule has 0 fully saturated rings. The number of hydrogen-bond acceptors (Lipinski definition) is 10. The van der Waals surface area contributed by atoms with E-state index in [4.69, 9.17) is 33.7 Å². The summed E-state index contributed by atoms with van der Waals surface area (Å²) in [5.41, 5.74) is 16.0. The number of aromatic amines is 2. The zero-order valence-corrected chi connectivity index (χ0v) is 40.4. The minimum Gasteiger partial charge on any atom is -0.465 e. The number of H-pyrrole nitrogens is 2. The molecule has 0 bridgehead atoms. The van der Waals surface area contributed by atoms with Crippen LogP contribution in [0.1, 0.15) is 76.6 Å². The van der Waals surface area contributed by atoms with Gasteiger partial charge in [-0.15, -0.1) is 0 Å². The number of aromatic nitrogens is 6. The fraction of sp³-hybridized carbons (Fsp3) is 0.127. The molecule has 0 atom stereocenters. The molecule has 17 heteroatoms. The van der Waals surface area contributed by atoms with Crippen LogP contribution >= 0.6 is 23.2 Å². The van der Waals surface area contributed by atoms with Crippen molar-refractivity contribution in [2.45, 2.75) is 39.8 Å². The molecule has 0 saturated carbocycles. The molecule has 0 aliphatic rings. The van der Waals surface area contributed by atoms with Crippen LogP contribution in [0.5, 0.6) is 0 Å². The molecule has 0 spiro atoms. The predicted molar refractivity (Wildman–Crippen MR) is 273 cm³/mol. The van der Waals surface area contributed by atoms with Gasteiger partial charge in [-0.3, -0.25) is 24.7 Å². The normalized spacial score (nSPS) is 10.8. The lowest BCUT2D eigenvalue weighted by atomic mass is 10.0. The van der Waals surface area contributed by atoms with Gasteiger partial charge in [-0.1, -0.05) is 23.2 Å². The summed E-state index contributed by atoms with van der Waals surface area (Å²) in [4.78, 5) is 47.6. The maximum Gasteiger partial charge on any atom is 0.337 e. The summed E-state index contributed by atoms with van der Waals surface area (Å²) in [6.45, 7) is 4.11. The van der Waals surface area contributed by atoms with Gasteiger partial charge in [0.05, 0.1) is 44.9 Å². The first-order valence-electron chi connectivity index (χ1n) is 22.2. The van der Waals surface area contributed by atoms with Gasteiger partial charge in [0.25, 0.3) is 5.91 Å². The van der Waals surface area contributed by atoms with Crippen LogP contribution in [-0.4, -0.2) is 48.9 Å². The number of nitriles is 2. The Hall–Kier alpha value is -8.60. The molecule has 5 N–H and O–H groups in total. The molecule has 0 unspecified atom stereocenters. The van der Waals surface area contributed by atoms with Gasteiger partial charge in [0.2, 0.25) is 0 Å². The third-order valence-electron chi connectivity index (χ3n) is 11.5. The number of amides is 1. The van der Waals surface area contributed by atoms with Crippen LogP contribution in [-0.2, 0) is 30.7 Å². The van der Waals surface area contributed by atoms with Gasteiger partial charge in [0, 0.05) is 124 Å². The second-order valence-corrected chi connectivity index (χ2v) is 17.5. The first-order chi connectivity index (χ1) is 34.7. The summed E-state index contributed by atoms with van der Waals surface area (Å²) in [7, 11) is 1.35. The van der Waals surface area contributed by atoms with Crippen molar-refractivity contribution in [3.05, 3.63) is 211 Å². The number of pyridine rings is 4. The van der Waals surface area contributed by atoms with Crippen LogP contribution in [0.25, 0.3) is 43.6 Å². The van der Waals surface area contributed by atoms with Crippen LogP contribution in [0, 0.1) is 48.1 Å². The maximum absolute atomic E-state index is 14.4. The topological polar surface area (TPSA) is 212 Å². The molecule has 358 valence electrons. The predicted octanol–water partition coefficient (Wildman–Crippen LogP) is 11.2. The number of methoxy groups -OCH3 is 1. The minimum absolute atomic E-state index is 0.0162. The maximum atomic E-state index is 14.4. The molecule has 10 rings (SSSR count). The van der Waals surface area contributed by atoms with E-state index in [0.29, 0.717) is 89.4 Å². The van der Waals surface area contributed by atoms with Gasteiger partial charge in [-0.05, 0) is 121 Å². The Labute approximate surface area is 421 Å². The second kappa shape index (κ2) is 22.0. The Kier molecular flexibility index (Phi) is 15.2. The van der Waals surface area contributed by atoms with E-state index in [1.807, 2.05) is 44.2 Å². The van der Waals surface area contributed by atoms with Gasteiger partial charge in [-0.25, -0.2) is 13.6 Å². The highest BCUT2D eigenvalue weighted by molar-refractivity contribution is 6.36. The third-order valence-corrected chi connectivity index (χ3v) is 12.2. The van der Waals surface area contributed by atoms with E-state index < -0.39 is 11.8 Å². The van der Waals surface area contributed by atoms with E-state index in [0.717, 1.165) is 44.1 Å². The van der Waals surface area contributed by atoms with Crippen molar-refractivity contribution in [2.24, 2.45) is 5.73 Å². The Bertz CT molecular complexity index is 3810. The van der Waals surface area contributed by atoms with Crippen molar-refractivity contribution in [1.82, 2.24) is 35.2 Å². The summed E-state index contributed by atoms with van der Waals surface area (Å²) in [5, 5.41) is 26.1. The molecular weight excluding hydrogens is 958 g/mol. The highest BCUT2D eigenvalue weighted by Gasteiger charge is 2.15. The average molecular weight is 1000 g/mol.